The number of benzene rings is 2. The summed E-state index contributed by atoms with van der Waals surface area (Å²) in [6, 6.07) is 16.5. The molecule has 1 unspecified atom stereocenters. The molecule has 8 nitrogen and oxygen atoms in total. The van der Waals surface area contributed by atoms with Crippen LogP contribution in [0.3, 0.4) is 0 Å². The smallest absolute Gasteiger partial charge is 0.408 e. The second-order valence-corrected chi connectivity index (χ2v) is 12.6. The number of aliphatic hydroxyl groups is 1. The molecule has 2 amide bonds. The van der Waals surface area contributed by atoms with Crippen LogP contribution in [0, 0.1) is 17.8 Å². The van der Waals surface area contributed by atoms with Crippen LogP contribution in [-0.2, 0) is 20.9 Å². The molecule has 0 spiro atoms. The van der Waals surface area contributed by atoms with Gasteiger partial charge < -0.3 is 30.9 Å². The maximum Gasteiger partial charge on any atom is 0.408 e. The Morgan fingerprint density at radius 3 is 2.33 bits per heavy atom. The summed E-state index contributed by atoms with van der Waals surface area (Å²) in [5.41, 5.74) is 8.40. The zero-order chi connectivity index (χ0) is 31.3. The second-order valence-electron chi connectivity index (χ2n) is 12.6. The highest BCUT2D eigenvalue weighted by Crippen LogP contribution is 2.21. The lowest BCUT2D eigenvalue weighted by Crippen LogP contribution is -2.44. The Labute approximate surface area is 252 Å². The van der Waals surface area contributed by atoms with Gasteiger partial charge in [-0.3, -0.25) is 4.79 Å². The summed E-state index contributed by atoms with van der Waals surface area (Å²) in [6.45, 7) is 14.5. The summed E-state index contributed by atoms with van der Waals surface area (Å²) < 4.78 is 11.4. The first-order valence-corrected chi connectivity index (χ1v) is 14.9. The minimum Gasteiger partial charge on any atom is -0.444 e. The fourth-order valence-corrected chi connectivity index (χ4v) is 4.30. The molecule has 0 bridgehead atoms. The van der Waals surface area contributed by atoms with Crippen molar-refractivity contribution in [3.63, 3.8) is 0 Å². The molecule has 4 atom stereocenters. The van der Waals surface area contributed by atoms with Crippen molar-refractivity contribution in [2.24, 2.45) is 23.5 Å². The molecule has 0 aliphatic carbocycles. The van der Waals surface area contributed by atoms with E-state index < -0.39 is 29.9 Å². The van der Waals surface area contributed by atoms with Crippen molar-refractivity contribution in [1.29, 1.82) is 0 Å². The third kappa shape index (κ3) is 13.2. The van der Waals surface area contributed by atoms with Gasteiger partial charge in [-0.25, -0.2) is 4.79 Å². The monoisotopic (exact) mass is 581 g/mol. The summed E-state index contributed by atoms with van der Waals surface area (Å²) in [5, 5.41) is 16.7. The van der Waals surface area contributed by atoms with E-state index in [1.807, 2.05) is 115 Å². The van der Waals surface area contributed by atoms with Crippen LogP contribution in [0.1, 0.15) is 77.6 Å². The SMILES string of the molecule is CC(C)CNC(=O)[C@@H](C[C@H](O)[C@@H](N)COCc1cccc(C(C=Cc2ccccc2)NC(=O)OC(C)(C)C)c1)C(C)C. The first-order chi connectivity index (χ1) is 19.7. The lowest BCUT2D eigenvalue weighted by molar-refractivity contribution is -0.127. The van der Waals surface area contributed by atoms with E-state index in [9.17, 15) is 14.7 Å². The Bertz CT molecular complexity index is 1130. The van der Waals surface area contributed by atoms with Gasteiger partial charge in [0.25, 0.3) is 0 Å². The van der Waals surface area contributed by atoms with Gasteiger partial charge >= 0.3 is 6.09 Å². The van der Waals surface area contributed by atoms with Crippen LogP contribution < -0.4 is 16.4 Å². The lowest BCUT2D eigenvalue weighted by atomic mass is 9.87. The molecule has 0 radical (unpaired) electrons. The van der Waals surface area contributed by atoms with Crippen LogP contribution in [0.2, 0.25) is 0 Å². The van der Waals surface area contributed by atoms with Gasteiger partial charge in [0.2, 0.25) is 5.91 Å². The number of rotatable bonds is 15. The predicted octanol–water partition coefficient (Wildman–Crippen LogP) is 5.61. The highest BCUT2D eigenvalue weighted by Gasteiger charge is 2.28. The van der Waals surface area contributed by atoms with E-state index in [1.165, 1.54) is 0 Å². The largest absolute Gasteiger partial charge is 0.444 e. The molecule has 0 aliphatic rings. The van der Waals surface area contributed by atoms with Crippen LogP contribution in [0.4, 0.5) is 4.79 Å². The maximum absolute atomic E-state index is 12.7. The van der Waals surface area contributed by atoms with Crippen molar-refractivity contribution in [3.8, 4) is 0 Å². The molecule has 2 aromatic rings. The van der Waals surface area contributed by atoms with Gasteiger partial charge in [0.1, 0.15) is 5.60 Å². The molecule has 2 aromatic carbocycles. The molecule has 8 heteroatoms. The number of hydrogen-bond donors (Lipinski definition) is 4. The Hall–Kier alpha value is -3.20. The van der Waals surface area contributed by atoms with Crippen LogP contribution in [0.5, 0.6) is 0 Å². The lowest BCUT2D eigenvalue weighted by Gasteiger charge is -2.26. The predicted molar refractivity (Wildman–Crippen MR) is 168 cm³/mol. The fourth-order valence-electron chi connectivity index (χ4n) is 4.30. The summed E-state index contributed by atoms with van der Waals surface area (Å²) >= 11 is 0. The Balaban J connectivity index is 2.04. The Morgan fingerprint density at radius 2 is 1.71 bits per heavy atom. The zero-order valence-electron chi connectivity index (χ0n) is 26.3. The number of aliphatic hydroxyl groups excluding tert-OH is 1. The first kappa shape index (κ1) is 35.0. The molecule has 0 saturated carbocycles. The van der Waals surface area contributed by atoms with Crippen LogP contribution in [-0.4, -0.2) is 48.0 Å². The molecular formula is C34H51N3O5. The van der Waals surface area contributed by atoms with E-state index >= 15 is 0 Å². The number of hydrogen-bond acceptors (Lipinski definition) is 6. The number of amides is 2. The van der Waals surface area contributed by atoms with E-state index in [0.29, 0.717) is 12.5 Å². The van der Waals surface area contributed by atoms with Gasteiger partial charge in [-0.1, -0.05) is 94.4 Å². The first-order valence-electron chi connectivity index (χ1n) is 14.9. The van der Waals surface area contributed by atoms with Crippen molar-refractivity contribution in [2.45, 2.75) is 85.3 Å². The van der Waals surface area contributed by atoms with Crippen molar-refractivity contribution in [3.05, 3.63) is 77.4 Å². The number of ether oxygens (including phenoxy) is 2. The van der Waals surface area contributed by atoms with Crippen LogP contribution >= 0.6 is 0 Å². The average molecular weight is 582 g/mol. The van der Waals surface area contributed by atoms with Crippen molar-refractivity contribution >= 4 is 18.1 Å². The number of nitrogens with one attached hydrogen (secondary N) is 2. The summed E-state index contributed by atoms with van der Waals surface area (Å²) in [6.07, 6.45) is 2.77. The number of alkyl carbamates (subject to hydrolysis) is 1. The highest BCUT2D eigenvalue weighted by molar-refractivity contribution is 5.78. The van der Waals surface area contributed by atoms with E-state index in [4.69, 9.17) is 15.2 Å². The minimum atomic E-state index is -0.876. The van der Waals surface area contributed by atoms with Gasteiger partial charge in [0.05, 0.1) is 31.4 Å². The highest BCUT2D eigenvalue weighted by atomic mass is 16.6. The second kappa shape index (κ2) is 17.0. The normalized spacial score (nSPS) is 14.9. The molecule has 0 heterocycles. The number of carbonyl (C=O) groups excluding carboxylic acids is 2. The molecule has 0 fully saturated rings. The van der Waals surface area contributed by atoms with Crippen molar-refractivity contribution in [1.82, 2.24) is 10.6 Å². The third-order valence-corrected chi connectivity index (χ3v) is 6.66. The van der Waals surface area contributed by atoms with Crippen molar-refractivity contribution < 1.29 is 24.2 Å². The van der Waals surface area contributed by atoms with Crippen LogP contribution in [0.25, 0.3) is 6.08 Å². The summed E-state index contributed by atoms with van der Waals surface area (Å²) in [5.74, 6) is 0.0308. The molecule has 0 saturated heterocycles. The van der Waals surface area contributed by atoms with E-state index in [2.05, 4.69) is 10.6 Å². The van der Waals surface area contributed by atoms with E-state index in [1.54, 1.807) is 0 Å². The molecule has 232 valence electrons. The van der Waals surface area contributed by atoms with Gasteiger partial charge in [0.15, 0.2) is 0 Å². The van der Waals surface area contributed by atoms with Crippen LogP contribution in [0.15, 0.2) is 60.7 Å². The van der Waals surface area contributed by atoms with Gasteiger partial charge in [-0.05, 0) is 55.7 Å². The van der Waals surface area contributed by atoms with E-state index in [-0.39, 0.29) is 37.4 Å². The van der Waals surface area contributed by atoms with Gasteiger partial charge in [-0.15, -0.1) is 0 Å². The molecule has 5 N–H and O–H groups in total. The molecule has 2 rings (SSSR count). The molecule has 0 aromatic heterocycles. The molecule has 42 heavy (non-hydrogen) atoms. The average Bonchev–Trinajstić information content (AvgIpc) is 2.92. The van der Waals surface area contributed by atoms with E-state index in [0.717, 1.165) is 16.7 Å². The quantitative estimate of drug-likeness (QED) is 0.217. The maximum atomic E-state index is 12.7. The van der Waals surface area contributed by atoms with Gasteiger partial charge in [0, 0.05) is 12.5 Å². The standard InChI is InChI=1S/C34H51N3O5/c1-23(2)20-36-32(39)28(24(3)4)19-31(38)29(35)22-41-21-26-14-11-15-27(18-26)30(37-33(40)42-34(5,6)7)17-16-25-12-9-8-10-13-25/h8-18,23-24,28-31,38H,19-22,35H2,1-7H3,(H,36,39)(H,37,40)/t28-,29-,30?,31-/m0/s1. The minimum absolute atomic E-state index is 0.0569. The zero-order valence-corrected chi connectivity index (χ0v) is 26.3. The molecular weight excluding hydrogens is 530 g/mol. The van der Waals surface area contributed by atoms with Crippen molar-refractivity contribution in [2.75, 3.05) is 13.2 Å². The summed E-state index contributed by atoms with van der Waals surface area (Å²) in [7, 11) is 0. The molecule has 0 aliphatic heterocycles. The topological polar surface area (TPSA) is 123 Å². The summed E-state index contributed by atoms with van der Waals surface area (Å²) in [4.78, 5) is 25.3. The van der Waals surface area contributed by atoms with Gasteiger partial charge in [-0.2, -0.15) is 0 Å². The number of carbonyl (C=O) groups is 2. The fraction of sp³-hybridized carbons (Fsp3) is 0.529. The Kier molecular flexibility index (Phi) is 14.2. The number of nitrogens with two attached hydrogens (primary N) is 1. The third-order valence-electron chi connectivity index (χ3n) is 6.66. The Morgan fingerprint density at radius 1 is 1.02 bits per heavy atom.